The van der Waals surface area contributed by atoms with Gasteiger partial charge in [-0.25, -0.2) is 4.79 Å². The van der Waals surface area contributed by atoms with Crippen LogP contribution in [0.15, 0.2) is 42.5 Å². The van der Waals surface area contributed by atoms with Gasteiger partial charge in [0.05, 0.1) is 17.2 Å². The first-order valence-electron chi connectivity index (χ1n) is 10.9. The van der Waals surface area contributed by atoms with Crippen LogP contribution in [0.25, 0.3) is 0 Å². The summed E-state index contributed by atoms with van der Waals surface area (Å²) < 4.78 is 11.1. The Morgan fingerprint density at radius 1 is 1.03 bits per heavy atom. The predicted octanol–water partition coefficient (Wildman–Crippen LogP) is 6.16. The summed E-state index contributed by atoms with van der Waals surface area (Å²) in [5.41, 5.74) is 1.15. The third-order valence-corrected chi connectivity index (χ3v) is 5.89. The standard InChI is InChI=1S/C24H26Cl2N2O4S/c25-17-10-13-21(20(26)15-17)31-14-4-7-22(29)28-24(33)27-18-11-8-16(9-12-18)23(30)32-19-5-2-1-3-6-19/h8-13,15,19H,1-7,14H2,(H2,27,28,29,33). The molecule has 0 radical (unpaired) electrons. The van der Waals surface area contributed by atoms with E-state index in [1.165, 1.54) is 6.42 Å². The molecule has 0 bridgehead atoms. The second-order valence-corrected chi connectivity index (χ2v) is 9.02. The zero-order chi connectivity index (χ0) is 23.6. The molecule has 0 saturated heterocycles. The average molecular weight is 509 g/mol. The highest BCUT2D eigenvalue weighted by Gasteiger charge is 2.18. The van der Waals surface area contributed by atoms with Crippen molar-refractivity contribution in [1.82, 2.24) is 5.32 Å². The fourth-order valence-electron chi connectivity index (χ4n) is 3.45. The van der Waals surface area contributed by atoms with Crippen LogP contribution in [-0.4, -0.2) is 29.7 Å². The van der Waals surface area contributed by atoms with Crippen LogP contribution in [0, 0.1) is 0 Å². The van der Waals surface area contributed by atoms with Crippen molar-refractivity contribution in [1.29, 1.82) is 0 Å². The van der Waals surface area contributed by atoms with Crippen molar-refractivity contribution < 1.29 is 19.1 Å². The highest BCUT2D eigenvalue weighted by molar-refractivity contribution is 7.80. The van der Waals surface area contributed by atoms with Gasteiger partial charge in [-0.3, -0.25) is 4.79 Å². The fourth-order valence-corrected chi connectivity index (χ4v) is 4.15. The number of hydrogen-bond acceptors (Lipinski definition) is 5. The van der Waals surface area contributed by atoms with Gasteiger partial charge >= 0.3 is 5.97 Å². The lowest BCUT2D eigenvalue weighted by Gasteiger charge is -2.21. The van der Waals surface area contributed by atoms with E-state index < -0.39 is 0 Å². The second-order valence-electron chi connectivity index (χ2n) is 7.77. The molecule has 6 nitrogen and oxygen atoms in total. The quantitative estimate of drug-likeness (QED) is 0.252. The van der Waals surface area contributed by atoms with Gasteiger partial charge in [0.15, 0.2) is 5.11 Å². The molecule has 2 N–H and O–H groups in total. The molecule has 0 spiro atoms. The number of nitrogens with one attached hydrogen (secondary N) is 2. The summed E-state index contributed by atoms with van der Waals surface area (Å²) in [6.07, 6.45) is 6.02. The van der Waals surface area contributed by atoms with Crippen molar-refractivity contribution >= 4 is 58.1 Å². The smallest absolute Gasteiger partial charge is 0.338 e. The van der Waals surface area contributed by atoms with E-state index >= 15 is 0 Å². The zero-order valence-corrected chi connectivity index (χ0v) is 20.4. The van der Waals surface area contributed by atoms with Crippen molar-refractivity contribution in [2.45, 2.75) is 51.0 Å². The highest BCUT2D eigenvalue weighted by Crippen LogP contribution is 2.27. The fraction of sp³-hybridized carbons (Fsp3) is 0.375. The van der Waals surface area contributed by atoms with Crippen LogP contribution in [0.5, 0.6) is 5.75 Å². The van der Waals surface area contributed by atoms with Crippen LogP contribution >= 0.6 is 35.4 Å². The topological polar surface area (TPSA) is 76.7 Å². The molecule has 2 aromatic rings. The number of hydrogen-bond donors (Lipinski definition) is 2. The number of esters is 1. The summed E-state index contributed by atoms with van der Waals surface area (Å²) in [4.78, 5) is 24.4. The van der Waals surface area contributed by atoms with Gasteiger partial charge in [0.25, 0.3) is 0 Å². The number of halogens is 2. The van der Waals surface area contributed by atoms with Crippen molar-refractivity contribution in [3.8, 4) is 5.75 Å². The summed E-state index contributed by atoms with van der Waals surface area (Å²) in [5, 5.41) is 6.69. The van der Waals surface area contributed by atoms with Crippen LogP contribution < -0.4 is 15.4 Å². The molecular weight excluding hydrogens is 483 g/mol. The average Bonchev–Trinajstić information content (AvgIpc) is 2.79. The lowest BCUT2D eigenvalue weighted by molar-refractivity contribution is -0.119. The molecule has 0 unspecified atom stereocenters. The van der Waals surface area contributed by atoms with E-state index in [4.69, 9.17) is 44.9 Å². The molecule has 33 heavy (non-hydrogen) atoms. The molecule has 1 amide bonds. The van der Waals surface area contributed by atoms with Gasteiger partial charge in [0.1, 0.15) is 11.9 Å². The Kier molecular flexibility index (Phi) is 9.78. The minimum absolute atomic E-state index is 0.0143. The summed E-state index contributed by atoms with van der Waals surface area (Å²) in [5.74, 6) is -0.0258. The van der Waals surface area contributed by atoms with Gasteiger partial charge in [0, 0.05) is 17.1 Å². The number of carbonyl (C=O) groups is 2. The molecule has 3 rings (SSSR count). The minimum atomic E-state index is -0.313. The molecule has 2 aromatic carbocycles. The first kappa shape index (κ1) is 25.3. The summed E-state index contributed by atoms with van der Waals surface area (Å²) in [6.45, 7) is 0.327. The number of benzene rings is 2. The van der Waals surface area contributed by atoms with Gasteiger partial charge in [0.2, 0.25) is 5.91 Å². The van der Waals surface area contributed by atoms with E-state index in [1.807, 2.05) is 0 Å². The van der Waals surface area contributed by atoms with Gasteiger partial charge in [-0.05, 0) is 86.8 Å². The van der Waals surface area contributed by atoms with Crippen LogP contribution in [0.1, 0.15) is 55.3 Å². The SMILES string of the molecule is O=C(CCCOc1ccc(Cl)cc1Cl)NC(=S)Nc1ccc(C(=O)OC2CCCCC2)cc1. The van der Waals surface area contributed by atoms with Gasteiger partial charge in [-0.1, -0.05) is 29.6 Å². The Morgan fingerprint density at radius 2 is 1.76 bits per heavy atom. The monoisotopic (exact) mass is 508 g/mol. The van der Waals surface area contributed by atoms with E-state index in [2.05, 4.69) is 10.6 Å². The Balaban J connectivity index is 1.36. The van der Waals surface area contributed by atoms with Crippen molar-refractivity contribution in [2.24, 2.45) is 0 Å². The first-order valence-corrected chi connectivity index (χ1v) is 12.1. The lowest BCUT2D eigenvalue weighted by Crippen LogP contribution is -2.34. The largest absolute Gasteiger partial charge is 0.492 e. The number of anilines is 1. The Bertz CT molecular complexity index is 979. The van der Waals surface area contributed by atoms with Crippen molar-refractivity contribution in [2.75, 3.05) is 11.9 Å². The Hall–Kier alpha value is -2.35. The van der Waals surface area contributed by atoms with E-state index in [0.29, 0.717) is 40.1 Å². The number of rotatable bonds is 8. The molecule has 0 aromatic heterocycles. The molecule has 0 atom stereocenters. The maximum absolute atomic E-state index is 12.3. The third kappa shape index (κ3) is 8.50. The molecule has 1 saturated carbocycles. The molecule has 1 aliphatic rings. The Morgan fingerprint density at radius 3 is 2.45 bits per heavy atom. The van der Waals surface area contributed by atoms with Crippen LogP contribution in [-0.2, 0) is 9.53 Å². The van der Waals surface area contributed by atoms with Gasteiger partial charge in [-0.15, -0.1) is 0 Å². The van der Waals surface area contributed by atoms with Crippen LogP contribution in [0.3, 0.4) is 0 Å². The van der Waals surface area contributed by atoms with Gasteiger partial charge < -0.3 is 20.1 Å². The number of ether oxygens (including phenoxy) is 2. The predicted molar refractivity (Wildman–Crippen MR) is 134 cm³/mol. The van der Waals surface area contributed by atoms with E-state index in [1.54, 1.807) is 42.5 Å². The molecule has 1 aliphatic carbocycles. The summed E-state index contributed by atoms with van der Waals surface area (Å²) >= 11 is 17.1. The second kappa shape index (κ2) is 12.8. The maximum atomic E-state index is 12.3. The normalized spacial score (nSPS) is 13.8. The molecule has 1 fully saturated rings. The highest BCUT2D eigenvalue weighted by atomic mass is 35.5. The van der Waals surface area contributed by atoms with Crippen molar-refractivity contribution in [3.05, 3.63) is 58.1 Å². The van der Waals surface area contributed by atoms with E-state index in [-0.39, 0.29) is 29.5 Å². The van der Waals surface area contributed by atoms with E-state index in [9.17, 15) is 9.59 Å². The number of carbonyl (C=O) groups excluding carboxylic acids is 2. The van der Waals surface area contributed by atoms with Crippen molar-refractivity contribution in [3.63, 3.8) is 0 Å². The lowest BCUT2D eigenvalue weighted by atomic mass is 9.98. The summed E-state index contributed by atoms with van der Waals surface area (Å²) in [7, 11) is 0. The number of thiocarbonyl (C=S) groups is 1. The molecule has 9 heteroatoms. The minimum Gasteiger partial charge on any atom is -0.492 e. The Labute approximate surface area is 208 Å². The molecular formula is C24H26Cl2N2O4S. The van der Waals surface area contributed by atoms with Crippen LogP contribution in [0.2, 0.25) is 10.0 Å². The first-order chi connectivity index (χ1) is 15.9. The zero-order valence-electron chi connectivity index (χ0n) is 18.1. The van der Waals surface area contributed by atoms with Crippen LogP contribution in [0.4, 0.5) is 5.69 Å². The third-order valence-electron chi connectivity index (χ3n) is 5.16. The van der Waals surface area contributed by atoms with E-state index in [0.717, 1.165) is 25.7 Å². The van der Waals surface area contributed by atoms with Gasteiger partial charge in [-0.2, -0.15) is 0 Å². The maximum Gasteiger partial charge on any atom is 0.338 e. The molecule has 0 aliphatic heterocycles. The number of amides is 1. The molecule has 0 heterocycles. The molecule has 176 valence electrons. The summed E-state index contributed by atoms with van der Waals surface area (Å²) in [6, 6.07) is 11.8.